The van der Waals surface area contributed by atoms with E-state index in [9.17, 15) is 28.2 Å². The number of halogens is 3. The molecule has 2 aliphatic carbocycles. The highest BCUT2D eigenvalue weighted by atomic mass is 19.4. The fourth-order valence-electron chi connectivity index (χ4n) is 3.58. The van der Waals surface area contributed by atoms with Gasteiger partial charge in [-0.2, -0.15) is 13.2 Å². The van der Waals surface area contributed by atoms with Crippen molar-refractivity contribution in [1.29, 1.82) is 0 Å². The van der Waals surface area contributed by atoms with Crippen molar-refractivity contribution in [3.05, 3.63) is 46.7 Å². The van der Waals surface area contributed by atoms with Crippen molar-refractivity contribution in [2.45, 2.75) is 37.6 Å². The van der Waals surface area contributed by atoms with Crippen LogP contribution in [0.1, 0.15) is 36.5 Å². The molecule has 9 heteroatoms. The summed E-state index contributed by atoms with van der Waals surface area (Å²) in [6.07, 6.45) is -6.24. The second kappa shape index (κ2) is 8.45. The highest BCUT2D eigenvalue weighted by Crippen LogP contribution is 2.48. The Balaban J connectivity index is 1.65. The van der Waals surface area contributed by atoms with Gasteiger partial charge in [-0.05, 0) is 24.5 Å². The minimum atomic E-state index is -4.60. The SMILES string of the molecule is O=C(O)CCONC1=C2CC(C#CC(O)c3ccccc3C(F)(F)F)C(O)C2C1. The van der Waals surface area contributed by atoms with E-state index >= 15 is 0 Å². The molecule has 1 fully saturated rings. The van der Waals surface area contributed by atoms with Crippen molar-refractivity contribution in [2.75, 3.05) is 6.61 Å². The van der Waals surface area contributed by atoms with Crippen LogP contribution in [-0.2, 0) is 15.8 Å². The molecule has 4 atom stereocenters. The summed E-state index contributed by atoms with van der Waals surface area (Å²) in [6.45, 7) is -0.00657. The fourth-order valence-corrected chi connectivity index (χ4v) is 3.58. The number of allylic oxidation sites excluding steroid dienone is 1. The van der Waals surface area contributed by atoms with Gasteiger partial charge in [0, 0.05) is 17.2 Å². The van der Waals surface area contributed by atoms with Gasteiger partial charge in [-0.15, -0.1) is 0 Å². The highest BCUT2D eigenvalue weighted by Gasteiger charge is 2.45. The lowest BCUT2D eigenvalue weighted by molar-refractivity contribution is -0.139. The van der Waals surface area contributed by atoms with Crippen LogP contribution in [0.25, 0.3) is 0 Å². The zero-order chi connectivity index (χ0) is 21.2. The first-order chi connectivity index (χ1) is 13.7. The van der Waals surface area contributed by atoms with Crippen LogP contribution >= 0.6 is 0 Å². The molecule has 0 spiro atoms. The van der Waals surface area contributed by atoms with Crippen LogP contribution in [0.3, 0.4) is 0 Å². The average Bonchev–Trinajstić information content (AvgIpc) is 2.89. The summed E-state index contributed by atoms with van der Waals surface area (Å²) in [5.41, 5.74) is 3.08. The van der Waals surface area contributed by atoms with E-state index in [0.29, 0.717) is 12.8 Å². The number of hydrogen-bond acceptors (Lipinski definition) is 5. The van der Waals surface area contributed by atoms with E-state index in [-0.39, 0.29) is 24.5 Å². The zero-order valence-electron chi connectivity index (χ0n) is 15.2. The third-order valence-electron chi connectivity index (χ3n) is 5.10. The lowest BCUT2D eigenvalue weighted by atomic mass is 9.83. The Hall–Kier alpha value is -2.54. The van der Waals surface area contributed by atoms with Crippen LogP contribution in [-0.4, -0.2) is 34.0 Å². The quantitative estimate of drug-likeness (QED) is 0.326. The van der Waals surface area contributed by atoms with Gasteiger partial charge in [0.2, 0.25) is 0 Å². The first kappa shape index (κ1) is 21.2. The Kier molecular flexibility index (Phi) is 6.17. The van der Waals surface area contributed by atoms with Gasteiger partial charge in [0.25, 0.3) is 0 Å². The van der Waals surface area contributed by atoms with Crippen molar-refractivity contribution in [1.82, 2.24) is 5.48 Å². The van der Waals surface area contributed by atoms with Crippen molar-refractivity contribution in [2.24, 2.45) is 11.8 Å². The minimum Gasteiger partial charge on any atom is -0.481 e. The predicted octanol–water partition coefficient (Wildman–Crippen LogP) is 2.39. The number of carboxylic acids is 1. The maximum absolute atomic E-state index is 13.1. The second-order valence-corrected chi connectivity index (χ2v) is 6.99. The summed E-state index contributed by atoms with van der Waals surface area (Å²) in [6, 6.07) is 4.70. The Labute approximate surface area is 164 Å². The molecule has 6 nitrogen and oxygen atoms in total. The number of hydrogen-bond donors (Lipinski definition) is 4. The van der Waals surface area contributed by atoms with E-state index in [4.69, 9.17) is 9.94 Å². The number of nitrogens with one attached hydrogen (secondary N) is 1. The molecule has 3 rings (SSSR count). The van der Waals surface area contributed by atoms with Crippen molar-refractivity contribution >= 4 is 5.97 Å². The van der Waals surface area contributed by atoms with Gasteiger partial charge in [0.05, 0.1) is 30.6 Å². The Morgan fingerprint density at radius 2 is 2.03 bits per heavy atom. The third kappa shape index (κ3) is 4.72. The first-order valence-corrected chi connectivity index (χ1v) is 9.03. The molecule has 0 amide bonds. The number of fused-ring (bicyclic) bond motifs is 1. The molecule has 2 aliphatic rings. The predicted molar refractivity (Wildman–Crippen MR) is 94.8 cm³/mol. The molecule has 1 aromatic rings. The number of rotatable bonds is 6. The van der Waals surface area contributed by atoms with Gasteiger partial charge in [-0.3, -0.25) is 15.1 Å². The molecular weight excluding hydrogens is 391 g/mol. The molecule has 0 saturated heterocycles. The Morgan fingerprint density at radius 1 is 1.31 bits per heavy atom. The summed E-state index contributed by atoms with van der Waals surface area (Å²) in [4.78, 5) is 15.5. The van der Waals surface area contributed by atoms with Crippen LogP contribution in [0.5, 0.6) is 0 Å². The van der Waals surface area contributed by atoms with Crippen molar-refractivity contribution < 1.29 is 38.1 Å². The standard InChI is InChI=1S/C20H20F3NO5/c21-20(22,23)15-4-2-1-3-12(15)17(25)6-5-11-9-13-14(19(11)28)10-16(13)24-29-8-7-18(26)27/h1-4,11,14,17,19,24-25,28H,7-10H2,(H,26,27). The number of hydroxylamine groups is 1. The molecular formula is C20H20F3NO5. The van der Waals surface area contributed by atoms with Crippen LogP contribution in [0.2, 0.25) is 0 Å². The van der Waals surface area contributed by atoms with Gasteiger partial charge < -0.3 is 15.3 Å². The van der Waals surface area contributed by atoms with Gasteiger partial charge in [-0.25, -0.2) is 0 Å². The normalized spacial score (nSPS) is 24.2. The van der Waals surface area contributed by atoms with Gasteiger partial charge in [0.15, 0.2) is 0 Å². The van der Waals surface area contributed by atoms with E-state index in [1.165, 1.54) is 18.2 Å². The Morgan fingerprint density at radius 3 is 2.72 bits per heavy atom. The maximum atomic E-state index is 13.1. The molecule has 1 saturated carbocycles. The lowest BCUT2D eigenvalue weighted by Gasteiger charge is -2.30. The number of aliphatic carboxylic acids is 1. The second-order valence-electron chi connectivity index (χ2n) is 6.99. The zero-order valence-corrected chi connectivity index (χ0v) is 15.2. The van der Waals surface area contributed by atoms with E-state index < -0.39 is 35.8 Å². The summed E-state index contributed by atoms with van der Waals surface area (Å²) < 4.78 is 39.2. The lowest BCUT2D eigenvalue weighted by Crippen LogP contribution is -2.32. The molecule has 29 heavy (non-hydrogen) atoms. The largest absolute Gasteiger partial charge is 0.481 e. The molecule has 0 heterocycles. The maximum Gasteiger partial charge on any atom is 0.416 e. The average molecular weight is 411 g/mol. The molecule has 0 bridgehead atoms. The summed E-state index contributed by atoms with van der Waals surface area (Å²) in [5.74, 6) is 3.54. The van der Waals surface area contributed by atoms with Crippen LogP contribution in [0.4, 0.5) is 13.2 Å². The number of benzene rings is 1. The van der Waals surface area contributed by atoms with Crippen LogP contribution in [0.15, 0.2) is 35.5 Å². The molecule has 0 aromatic heterocycles. The van der Waals surface area contributed by atoms with Gasteiger partial charge in [0.1, 0.15) is 6.10 Å². The molecule has 4 unspecified atom stereocenters. The summed E-state index contributed by atoms with van der Waals surface area (Å²) >= 11 is 0. The van der Waals surface area contributed by atoms with Gasteiger partial charge in [-0.1, -0.05) is 30.0 Å². The third-order valence-corrected chi connectivity index (χ3v) is 5.10. The highest BCUT2D eigenvalue weighted by molar-refractivity contribution is 5.66. The van der Waals surface area contributed by atoms with E-state index in [2.05, 4.69) is 17.3 Å². The fraction of sp³-hybridized carbons (Fsp3) is 0.450. The number of aliphatic hydroxyl groups is 2. The summed E-state index contributed by atoms with van der Waals surface area (Å²) in [5, 5.41) is 29.1. The number of carbonyl (C=O) groups is 1. The topological polar surface area (TPSA) is 99.0 Å². The minimum absolute atomic E-state index is 0.00657. The van der Waals surface area contributed by atoms with Crippen LogP contribution in [0, 0.1) is 23.7 Å². The summed E-state index contributed by atoms with van der Waals surface area (Å²) in [7, 11) is 0. The molecule has 0 aliphatic heterocycles. The number of alkyl halides is 3. The smallest absolute Gasteiger partial charge is 0.416 e. The van der Waals surface area contributed by atoms with Crippen LogP contribution < -0.4 is 5.48 Å². The molecule has 0 radical (unpaired) electrons. The monoisotopic (exact) mass is 411 g/mol. The van der Waals surface area contributed by atoms with Crippen molar-refractivity contribution in [3.8, 4) is 11.8 Å². The van der Waals surface area contributed by atoms with E-state index in [1.54, 1.807) is 0 Å². The van der Waals surface area contributed by atoms with Crippen molar-refractivity contribution in [3.63, 3.8) is 0 Å². The molecule has 156 valence electrons. The van der Waals surface area contributed by atoms with E-state index in [0.717, 1.165) is 17.3 Å². The van der Waals surface area contributed by atoms with Gasteiger partial charge >= 0.3 is 12.1 Å². The molecule has 1 aromatic carbocycles. The molecule has 4 N–H and O–H groups in total. The Bertz CT molecular complexity index is 871. The number of carboxylic acid groups (broad SMARTS) is 1. The number of aliphatic hydroxyl groups excluding tert-OH is 2. The van der Waals surface area contributed by atoms with E-state index in [1.807, 2.05) is 0 Å². The first-order valence-electron chi connectivity index (χ1n) is 9.03.